The van der Waals surface area contributed by atoms with Gasteiger partial charge < -0.3 is 4.74 Å². The molecule has 0 aliphatic carbocycles. The van der Waals surface area contributed by atoms with Crippen molar-refractivity contribution in [3.8, 4) is 5.75 Å². The van der Waals surface area contributed by atoms with E-state index in [1.165, 1.54) is 18.2 Å². The van der Waals surface area contributed by atoms with Gasteiger partial charge >= 0.3 is 6.61 Å². The van der Waals surface area contributed by atoms with Gasteiger partial charge in [0.15, 0.2) is 5.78 Å². The maximum Gasteiger partial charge on any atom is 0.387 e. The first kappa shape index (κ1) is 11.6. The van der Waals surface area contributed by atoms with E-state index in [0.717, 1.165) is 6.42 Å². The molecule has 1 aromatic carbocycles. The highest BCUT2D eigenvalue weighted by Gasteiger charge is 2.08. The maximum atomic E-state index is 11.9. The van der Waals surface area contributed by atoms with Crippen molar-refractivity contribution in [2.75, 3.05) is 0 Å². The van der Waals surface area contributed by atoms with E-state index >= 15 is 0 Å². The third-order valence-corrected chi connectivity index (χ3v) is 1.86. The Balaban J connectivity index is 2.78. The van der Waals surface area contributed by atoms with Crippen molar-refractivity contribution in [3.05, 3.63) is 29.8 Å². The van der Waals surface area contributed by atoms with E-state index in [1.54, 1.807) is 6.07 Å². The number of carbonyl (C=O) groups is 1. The van der Waals surface area contributed by atoms with Gasteiger partial charge in [0, 0.05) is 12.0 Å². The second kappa shape index (κ2) is 5.44. The number of carbonyl (C=O) groups excluding carboxylic acids is 1. The quantitative estimate of drug-likeness (QED) is 0.703. The summed E-state index contributed by atoms with van der Waals surface area (Å²) in [6.45, 7) is -0.973. The molecule has 0 radical (unpaired) electrons. The number of Topliss-reactive ketones (excluding diaryl/α,β-unsaturated/α-hetero) is 1. The highest BCUT2D eigenvalue weighted by molar-refractivity contribution is 5.96. The minimum atomic E-state index is -2.86. The molecule has 0 spiro atoms. The van der Waals surface area contributed by atoms with Crippen molar-refractivity contribution in [1.29, 1.82) is 0 Å². The number of hydrogen-bond donors (Lipinski definition) is 0. The fourth-order valence-corrected chi connectivity index (χ4v) is 1.22. The van der Waals surface area contributed by atoms with E-state index in [2.05, 4.69) is 4.74 Å². The first-order valence-electron chi connectivity index (χ1n) is 4.71. The summed E-state index contributed by atoms with van der Waals surface area (Å²) >= 11 is 0. The van der Waals surface area contributed by atoms with Crippen LogP contribution in [0.2, 0.25) is 0 Å². The molecule has 2 nitrogen and oxygen atoms in total. The number of rotatable bonds is 5. The molecule has 0 saturated carbocycles. The summed E-state index contributed by atoms with van der Waals surface area (Å²) in [4.78, 5) is 11.4. The van der Waals surface area contributed by atoms with Crippen molar-refractivity contribution >= 4 is 5.78 Å². The molecule has 0 saturated heterocycles. The zero-order chi connectivity index (χ0) is 11.3. The average molecular weight is 214 g/mol. The number of ketones is 1. The zero-order valence-electron chi connectivity index (χ0n) is 8.37. The summed E-state index contributed by atoms with van der Waals surface area (Å²) in [7, 11) is 0. The van der Waals surface area contributed by atoms with Gasteiger partial charge in [0.05, 0.1) is 0 Å². The topological polar surface area (TPSA) is 26.3 Å². The molecule has 0 heterocycles. The molecule has 82 valence electrons. The molecular weight excluding hydrogens is 202 g/mol. The fraction of sp³-hybridized carbons (Fsp3) is 0.364. The molecule has 0 aliphatic heterocycles. The van der Waals surface area contributed by atoms with E-state index < -0.39 is 6.61 Å². The SMILES string of the molecule is CCCC(=O)c1cccc(OC(F)F)c1. The molecule has 4 heteroatoms. The second-order valence-corrected chi connectivity index (χ2v) is 3.08. The largest absolute Gasteiger partial charge is 0.435 e. The predicted molar refractivity (Wildman–Crippen MR) is 52.3 cm³/mol. The molecule has 0 unspecified atom stereocenters. The van der Waals surface area contributed by atoms with Gasteiger partial charge in [0.1, 0.15) is 5.75 Å². The number of benzene rings is 1. The normalized spacial score (nSPS) is 10.4. The highest BCUT2D eigenvalue weighted by Crippen LogP contribution is 2.17. The first-order valence-corrected chi connectivity index (χ1v) is 4.71. The van der Waals surface area contributed by atoms with Crippen LogP contribution in [0.5, 0.6) is 5.75 Å². The summed E-state index contributed by atoms with van der Waals surface area (Å²) in [6.07, 6.45) is 1.15. The van der Waals surface area contributed by atoms with Gasteiger partial charge in [-0.15, -0.1) is 0 Å². The van der Waals surface area contributed by atoms with Crippen LogP contribution >= 0.6 is 0 Å². The Labute approximate surface area is 86.9 Å². The molecule has 0 amide bonds. The van der Waals surface area contributed by atoms with E-state index in [4.69, 9.17) is 0 Å². The summed E-state index contributed by atoms with van der Waals surface area (Å²) in [5.41, 5.74) is 0.412. The van der Waals surface area contributed by atoms with Crippen LogP contribution in [-0.4, -0.2) is 12.4 Å². The van der Waals surface area contributed by atoms with Gasteiger partial charge in [-0.05, 0) is 18.6 Å². The van der Waals surface area contributed by atoms with Crippen LogP contribution in [0.25, 0.3) is 0 Å². The molecular formula is C11H12F2O2. The van der Waals surface area contributed by atoms with Gasteiger partial charge in [-0.25, -0.2) is 0 Å². The monoisotopic (exact) mass is 214 g/mol. The molecule has 0 fully saturated rings. The number of alkyl halides is 2. The highest BCUT2D eigenvalue weighted by atomic mass is 19.3. The third-order valence-electron chi connectivity index (χ3n) is 1.86. The molecule has 0 bridgehead atoms. The summed E-state index contributed by atoms with van der Waals surface area (Å²) < 4.78 is 28.0. The van der Waals surface area contributed by atoms with Crippen LogP contribution in [0.4, 0.5) is 8.78 Å². The summed E-state index contributed by atoms with van der Waals surface area (Å²) in [6, 6.07) is 5.86. The van der Waals surface area contributed by atoms with Gasteiger partial charge in [-0.1, -0.05) is 19.1 Å². The lowest BCUT2D eigenvalue weighted by Gasteiger charge is -2.05. The molecule has 0 aliphatic rings. The van der Waals surface area contributed by atoms with E-state index in [1.807, 2.05) is 6.92 Å². The molecule has 15 heavy (non-hydrogen) atoms. The lowest BCUT2D eigenvalue weighted by molar-refractivity contribution is -0.0498. The van der Waals surface area contributed by atoms with Crippen molar-refractivity contribution in [1.82, 2.24) is 0 Å². The zero-order valence-corrected chi connectivity index (χ0v) is 8.37. The lowest BCUT2D eigenvalue weighted by atomic mass is 10.1. The summed E-state index contributed by atoms with van der Waals surface area (Å²) in [5, 5.41) is 0. The molecule has 0 aromatic heterocycles. The third kappa shape index (κ3) is 3.65. The van der Waals surface area contributed by atoms with Crippen LogP contribution in [0.1, 0.15) is 30.1 Å². The minimum Gasteiger partial charge on any atom is -0.435 e. The standard InChI is InChI=1S/C11H12F2O2/c1-2-4-10(14)8-5-3-6-9(7-8)15-11(12)13/h3,5-7,11H,2,4H2,1H3. The van der Waals surface area contributed by atoms with Crippen LogP contribution in [0.15, 0.2) is 24.3 Å². The Morgan fingerprint density at radius 1 is 1.47 bits per heavy atom. The van der Waals surface area contributed by atoms with Crippen molar-refractivity contribution in [3.63, 3.8) is 0 Å². The first-order chi connectivity index (χ1) is 7.13. The Kier molecular flexibility index (Phi) is 4.21. The molecule has 0 atom stereocenters. The lowest BCUT2D eigenvalue weighted by Crippen LogP contribution is -2.03. The van der Waals surface area contributed by atoms with Gasteiger partial charge in [0.25, 0.3) is 0 Å². The van der Waals surface area contributed by atoms with Crippen LogP contribution in [0, 0.1) is 0 Å². The predicted octanol–water partition coefficient (Wildman–Crippen LogP) is 3.27. The smallest absolute Gasteiger partial charge is 0.387 e. The van der Waals surface area contributed by atoms with Crippen molar-refractivity contribution < 1.29 is 18.3 Å². The van der Waals surface area contributed by atoms with E-state index in [-0.39, 0.29) is 11.5 Å². The van der Waals surface area contributed by atoms with Gasteiger partial charge in [-0.2, -0.15) is 8.78 Å². The van der Waals surface area contributed by atoms with E-state index in [9.17, 15) is 13.6 Å². The Morgan fingerprint density at radius 2 is 2.20 bits per heavy atom. The average Bonchev–Trinajstić information content (AvgIpc) is 2.17. The maximum absolute atomic E-state index is 11.9. The Morgan fingerprint density at radius 3 is 2.80 bits per heavy atom. The number of ether oxygens (including phenoxy) is 1. The van der Waals surface area contributed by atoms with Crippen LogP contribution in [-0.2, 0) is 0 Å². The van der Waals surface area contributed by atoms with Crippen molar-refractivity contribution in [2.45, 2.75) is 26.4 Å². The van der Waals surface area contributed by atoms with Crippen LogP contribution in [0.3, 0.4) is 0 Å². The molecule has 0 N–H and O–H groups in total. The Bertz CT molecular complexity index is 337. The summed E-state index contributed by atoms with van der Waals surface area (Å²) in [5.74, 6) is -0.0378. The minimum absolute atomic E-state index is 0.0203. The van der Waals surface area contributed by atoms with E-state index in [0.29, 0.717) is 12.0 Å². The van der Waals surface area contributed by atoms with Crippen LogP contribution < -0.4 is 4.74 Å². The number of hydrogen-bond acceptors (Lipinski definition) is 2. The molecule has 1 aromatic rings. The second-order valence-electron chi connectivity index (χ2n) is 3.08. The van der Waals surface area contributed by atoms with Gasteiger partial charge in [0.2, 0.25) is 0 Å². The Hall–Kier alpha value is -1.45. The fourth-order valence-electron chi connectivity index (χ4n) is 1.22. The van der Waals surface area contributed by atoms with Gasteiger partial charge in [-0.3, -0.25) is 4.79 Å². The number of halogens is 2. The van der Waals surface area contributed by atoms with Crippen molar-refractivity contribution in [2.24, 2.45) is 0 Å². The molecule has 1 rings (SSSR count).